The number of aryl methyl sites for hydroxylation is 1. The van der Waals surface area contributed by atoms with Gasteiger partial charge in [-0.05, 0) is 43.5 Å². The number of ether oxygens (including phenoxy) is 1. The third-order valence-corrected chi connectivity index (χ3v) is 4.69. The van der Waals surface area contributed by atoms with Gasteiger partial charge in [0.2, 0.25) is 5.95 Å². The first-order valence-corrected chi connectivity index (χ1v) is 9.47. The molecule has 4 rings (SSSR count). The van der Waals surface area contributed by atoms with Gasteiger partial charge in [-0.15, -0.1) is 0 Å². The number of benzene rings is 2. The molecule has 6 nitrogen and oxygen atoms in total. The van der Waals surface area contributed by atoms with Crippen molar-refractivity contribution in [2.24, 2.45) is 0 Å². The molecule has 2 heterocycles. The molecule has 0 spiro atoms. The molecular weight excluding hydrogens is 352 g/mol. The van der Waals surface area contributed by atoms with Gasteiger partial charge in [0.25, 0.3) is 5.91 Å². The highest BCUT2D eigenvalue weighted by Gasteiger charge is 2.20. The Hall–Kier alpha value is -3.41. The average molecular weight is 374 g/mol. The van der Waals surface area contributed by atoms with Crippen LogP contribution in [0, 0.1) is 0 Å². The third kappa shape index (κ3) is 3.67. The molecule has 0 atom stereocenters. The van der Waals surface area contributed by atoms with Crippen LogP contribution in [0.5, 0.6) is 5.75 Å². The SMILES string of the molecule is CCOc1ccccc1NC(=O)c1cnc(N2CCCc3ccccc32)nc1. The Morgan fingerprint density at radius 3 is 2.68 bits per heavy atom. The highest BCUT2D eigenvalue weighted by molar-refractivity contribution is 6.04. The number of hydrogen-bond donors (Lipinski definition) is 1. The smallest absolute Gasteiger partial charge is 0.258 e. The van der Waals surface area contributed by atoms with Crippen LogP contribution in [-0.4, -0.2) is 29.0 Å². The van der Waals surface area contributed by atoms with Gasteiger partial charge >= 0.3 is 0 Å². The Morgan fingerprint density at radius 1 is 1.11 bits per heavy atom. The fourth-order valence-corrected chi connectivity index (χ4v) is 3.36. The molecule has 0 saturated carbocycles. The van der Waals surface area contributed by atoms with E-state index in [4.69, 9.17) is 4.74 Å². The van der Waals surface area contributed by atoms with Crippen molar-refractivity contribution in [1.29, 1.82) is 0 Å². The lowest BCUT2D eigenvalue weighted by Crippen LogP contribution is -2.26. The number of carbonyl (C=O) groups is 1. The quantitative estimate of drug-likeness (QED) is 0.724. The predicted octanol–water partition coefficient (Wildman–Crippen LogP) is 4.21. The van der Waals surface area contributed by atoms with Crippen molar-refractivity contribution < 1.29 is 9.53 Å². The van der Waals surface area contributed by atoms with E-state index in [1.807, 2.05) is 37.3 Å². The number of para-hydroxylation sites is 3. The number of fused-ring (bicyclic) bond motifs is 1. The summed E-state index contributed by atoms with van der Waals surface area (Å²) in [5.41, 5.74) is 3.46. The molecule has 0 unspecified atom stereocenters. The van der Waals surface area contributed by atoms with Crippen LogP contribution >= 0.6 is 0 Å². The first kappa shape index (κ1) is 18.0. The molecule has 0 aliphatic carbocycles. The van der Waals surface area contributed by atoms with Crippen molar-refractivity contribution in [3.05, 3.63) is 72.1 Å². The minimum atomic E-state index is -0.266. The monoisotopic (exact) mass is 374 g/mol. The van der Waals surface area contributed by atoms with Crippen molar-refractivity contribution in [2.75, 3.05) is 23.4 Å². The second-order valence-corrected chi connectivity index (χ2v) is 6.54. The molecule has 28 heavy (non-hydrogen) atoms. The van der Waals surface area contributed by atoms with Crippen molar-refractivity contribution in [3.8, 4) is 5.75 Å². The average Bonchev–Trinajstić information content (AvgIpc) is 2.75. The van der Waals surface area contributed by atoms with Gasteiger partial charge in [0, 0.05) is 24.6 Å². The van der Waals surface area contributed by atoms with E-state index in [1.165, 1.54) is 5.56 Å². The number of aromatic nitrogens is 2. The molecule has 1 aromatic heterocycles. The van der Waals surface area contributed by atoms with Crippen LogP contribution in [0.15, 0.2) is 60.9 Å². The second kappa shape index (κ2) is 8.08. The first-order chi connectivity index (χ1) is 13.8. The normalized spacial score (nSPS) is 13.0. The van der Waals surface area contributed by atoms with Crippen LogP contribution in [0.2, 0.25) is 0 Å². The minimum Gasteiger partial charge on any atom is -0.492 e. The molecule has 0 radical (unpaired) electrons. The number of carbonyl (C=O) groups excluding carboxylic acids is 1. The summed E-state index contributed by atoms with van der Waals surface area (Å²) >= 11 is 0. The fourth-order valence-electron chi connectivity index (χ4n) is 3.36. The lowest BCUT2D eigenvalue weighted by Gasteiger charge is -2.29. The van der Waals surface area contributed by atoms with Crippen LogP contribution in [-0.2, 0) is 6.42 Å². The van der Waals surface area contributed by atoms with Crippen molar-refractivity contribution in [2.45, 2.75) is 19.8 Å². The molecule has 1 N–H and O–H groups in total. The maximum atomic E-state index is 12.6. The molecule has 3 aromatic rings. The van der Waals surface area contributed by atoms with E-state index in [0.29, 0.717) is 29.6 Å². The zero-order valence-corrected chi connectivity index (χ0v) is 15.8. The molecule has 2 aromatic carbocycles. The minimum absolute atomic E-state index is 0.266. The van der Waals surface area contributed by atoms with Gasteiger partial charge in [0.15, 0.2) is 0 Å². The van der Waals surface area contributed by atoms with Crippen LogP contribution in [0.4, 0.5) is 17.3 Å². The van der Waals surface area contributed by atoms with Gasteiger partial charge in [-0.3, -0.25) is 4.79 Å². The third-order valence-electron chi connectivity index (χ3n) is 4.69. The number of amides is 1. The summed E-state index contributed by atoms with van der Waals surface area (Å²) in [5.74, 6) is 0.983. The van der Waals surface area contributed by atoms with E-state index < -0.39 is 0 Å². The van der Waals surface area contributed by atoms with Crippen molar-refractivity contribution in [1.82, 2.24) is 9.97 Å². The van der Waals surface area contributed by atoms with E-state index >= 15 is 0 Å². The molecule has 0 bridgehead atoms. The summed E-state index contributed by atoms with van der Waals surface area (Å²) in [5, 5.41) is 2.87. The molecular formula is C22H22N4O2. The van der Waals surface area contributed by atoms with Gasteiger partial charge in [-0.2, -0.15) is 0 Å². The summed E-state index contributed by atoms with van der Waals surface area (Å²) in [4.78, 5) is 23.6. The largest absolute Gasteiger partial charge is 0.492 e. The summed E-state index contributed by atoms with van der Waals surface area (Å²) in [6.45, 7) is 3.30. The fraction of sp³-hybridized carbons (Fsp3) is 0.227. The summed E-state index contributed by atoms with van der Waals surface area (Å²) < 4.78 is 5.55. The Balaban J connectivity index is 1.52. The number of nitrogens with one attached hydrogen (secondary N) is 1. The lowest BCUT2D eigenvalue weighted by molar-refractivity contribution is 0.102. The van der Waals surface area contributed by atoms with E-state index in [-0.39, 0.29) is 5.91 Å². The topological polar surface area (TPSA) is 67.3 Å². The molecule has 1 amide bonds. The number of hydrogen-bond acceptors (Lipinski definition) is 5. The highest BCUT2D eigenvalue weighted by atomic mass is 16.5. The maximum Gasteiger partial charge on any atom is 0.258 e. The first-order valence-electron chi connectivity index (χ1n) is 9.47. The van der Waals surface area contributed by atoms with E-state index in [2.05, 4.69) is 38.4 Å². The molecule has 6 heteroatoms. The Kier molecular flexibility index (Phi) is 5.19. The number of nitrogens with zero attached hydrogens (tertiary/aromatic N) is 3. The zero-order valence-electron chi connectivity index (χ0n) is 15.8. The standard InChI is InChI=1S/C22H22N4O2/c1-2-28-20-12-6-4-10-18(20)25-21(27)17-14-23-22(24-15-17)26-13-7-9-16-8-3-5-11-19(16)26/h3-6,8,10-12,14-15H,2,7,9,13H2,1H3,(H,25,27). The Bertz CT molecular complexity index is 972. The van der Waals surface area contributed by atoms with Crippen LogP contribution in [0.25, 0.3) is 0 Å². The maximum absolute atomic E-state index is 12.6. The van der Waals surface area contributed by atoms with Crippen LogP contribution in [0.3, 0.4) is 0 Å². The van der Waals surface area contributed by atoms with E-state index in [0.717, 1.165) is 25.1 Å². The second-order valence-electron chi connectivity index (χ2n) is 6.54. The van der Waals surface area contributed by atoms with Crippen molar-refractivity contribution in [3.63, 3.8) is 0 Å². The number of rotatable bonds is 5. The van der Waals surface area contributed by atoms with E-state index in [1.54, 1.807) is 12.4 Å². The highest BCUT2D eigenvalue weighted by Crippen LogP contribution is 2.31. The van der Waals surface area contributed by atoms with Gasteiger partial charge in [-0.25, -0.2) is 9.97 Å². The van der Waals surface area contributed by atoms with Crippen molar-refractivity contribution >= 4 is 23.2 Å². The van der Waals surface area contributed by atoms with Gasteiger partial charge in [0.05, 0.1) is 17.9 Å². The number of anilines is 3. The summed E-state index contributed by atoms with van der Waals surface area (Å²) in [6, 6.07) is 15.7. The molecule has 1 aliphatic heterocycles. The van der Waals surface area contributed by atoms with Crippen LogP contribution in [0.1, 0.15) is 29.3 Å². The molecule has 1 aliphatic rings. The molecule has 0 fully saturated rings. The van der Waals surface area contributed by atoms with Gasteiger partial charge < -0.3 is 15.0 Å². The molecule has 142 valence electrons. The van der Waals surface area contributed by atoms with Gasteiger partial charge in [0.1, 0.15) is 5.75 Å². The Labute approximate surface area is 164 Å². The van der Waals surface area contributed by atoms with Gasteiger partial charge in [-0.1, -0.05) is 30.3 Å². The summed E-state index contributed by atoms with van der Waals surface area (Å²) in [6.07, 6.45) is 5.25. The van der Waals surface area contributed by atoms with Crippen LogP contribution < -0.4 is 15.0 Å². The van der Waals surface area contributed by atoms with E-state index in [9.17, 15) is 4.79 Å². The molecule has 0 saturated heterocycles. The summed E-state index contributed by atoms with van der Waals surface area (Å²) in [7, 11) is 0. The predicted molar refractivity (Wildman–Crippen MR) is 109 cm³/mol. The Morgan fingerprint density at radius 2 is 1.86 bits per heavy atom. The zero-order chi connectivity index (χ0) is 19.3. The lowest BCUT2D eigenvalue weighted by atomic mass is 10.0.